The molecule has 1 heterocycles. The summed E-state index contributed by atoms with van der Waals surface area (Å²) in [5.41, 5.74) is 0.619. The summed E-state index contributed by atoms with van der Waals surface area (Å²) >= 11 is 8.15. The SMILES string of the molecule is O=C(NC1CCN(C(=O)C2CCCCC2)CC1)c1cc(Cl)ccc1I. The van der Waals surface area contributed by atoms with Crippen LogP contribution in [-0.2, 0) is 4.79 Å². The zero-order valence-corrected chi connectivity index (χ0v) is 17.2. The maximum atomic E-state index is 12.6. The lowest BCUT2D eigenvalue weighted by atomic mass is 9.87. The molecule has 25 heavy (non-hydrogen) atoms. The van der Waals surface area contributed by atoms with Crippen LogP contribution in [0.5, 0.6) is 0 Å². The summed E-state index contributed by atoms with van der Waals surface area (Å²) in [5.74, 6) is 0.478. The fourth-order valence-electron chi connectivity index (χ4n) is 3.79. The van der Waals surface area contributed by atoms with Crippen molar-refractivity contribution in [2.45, 2.75) is 51.0 Å². The van der Waals surface area contributed by atoms with E-state index in [-0.39, 0.29) is 17.9 Å². The van der Waals surface area contributed by atoms with E-state index in [1.165, 1.54) is 19.3 Å². The Hall–Kier alpha value is -0.820. The number of likely N-dealkylation sites (tertiary alicyclic amines) is 1. The molecule has 0 aromatic heterocycles. The number of benzene rings is 1. The number of rotatable bonds is 3. The van der Waals surface area contributed by atoms with Crippen LogP contribution in [0.4, 0.5) is 0 Å². The highest BCUT2D eigenvalue weighted by atomic mass is 127. The Bertz CT molecular complexity index is 638. The molecule has 1 saturated carbocycles. The Labute approximate surface area is 167 Å². The number of nitrogens with one attached hydrogen (secondary N) is 1. The number of amides is 2. The number of carbonyl (C=O) groups is 2. The first-order valence-corrected chi connectivity index (χ1v) is 10.5. The molecular weight excluding hydrogens is 451 g/mol. The molecule has 0 spiro atoms. The van der Waals surface area contributed by atoms with Crippen LogP contribution in [0.3, 0.4) is 0 Å². The van der Waals surface area contributed by atoms with Crippen molar-refractivity contribution in [3.05, 3.63) is 32.4 Å². The highest BCUT2D eigenvalue weighted by Crippen LogP contribution is 2.27. The van der Waals surface area contributed by atoms with Crippen molar-refractivity contribution in [3.63, 3.8) is 0 Å². The van der Waals surface area contributed by atoms with Gasteiger partial charge in [-0.15, -0.1) is 0 Å². The van der Waals surface area contributed by atoms with E-state index < -0.39 is 0 Å². The lowest BCUT2D eigenvalue weighted by Crippen LogP contribution is -2.48. The zero-order chi connectivity index (χ0) is 17.8. The lowest BCUT2D eigenvalue weighted by Gasteiger charge is -2.35. The summed E-state index contributed by atoms with van der Waals surface area (Å²) in [4.78, 5) is 27.1. The molecule has 2 fully saturated rings. The summed E-state index contributed by atoms with van der Waals surface area (Å²) in [6, 6.07) is 5.47. The normalized spacial score (nSPS) is 19.7. The van der Waals surface area contributed by atoms with Gasteiger partial charge in [0.1, 0.15) is 0 Å². The molecule has 4 nitrogen and oxygen atoms in total. The Morgan fingerprint density at radius 2 is 1.76 bits per heavy atom. The molecule has 1 N–H and O–H groups in total. The highest BCUT2D eigenvalue weighted by molar-refractivity contribution is 14.1. The smallest absolute Gasteiger partial charge is 0.252 e. The van der Waals surface area contributed by atoms with E-state index in [1.54, 1.807) is 12.1 Å². The van der Waals surface area contributed by atoms with E-state index in [4.69, 9.17) is 11.6 Å². The van der Waals surface area contributed by atoms with Gasteiger partial charge in [-0.05, 0) is 66.5 Å². The van der Waals surface area contributed by atoms with Gasteiger partial charge in [-0.3, -0.25) is 9.59 Å². The monoisotopic (exact) mass is 474 g/mol. The van der Waals surface area contributed by atoms with Gasteiger partial charge in [-0.2, -0.15) is 0 Å². The van der Waals surface area contributed by atoms with E-state index in [0.29, 0.717) is 16.5 Å². The van der Waals surface area contributed by atoms with Gasteiger partial charge in [0.15, 0.2) is 0 Å². The van der Waals surface area contributed by atoms with Crippen LogP contribution in [0, 0.1) is 9.49 Å². The summed E-state index contributed by atoms with van der Waals surface area (Å²) in [5, 5.41) is 3.67. The molecule has 0 atom stereocenters. The maximum Gasteiger partial charge on any atom is 0.252 e. The van der Waals surface area contributed by atoms with Gasteiger partial charge in [0, 0.05) is 33.6 Å². The quantitative estimate of drug-likeness (QED) is 0.666. The summed E-state index contributed by atoms with van der Waals surface area (Å²) in [6.07, 6.45) is 7.36. The van der Waals surface area contributed by atoms with Gasteiger partial charge in [0.05, 0.1) is 5.56 Å². The van der Waals surface area contributed by atoms with Crippen LogP contribution in [0.2, 0.25) is 5.02 Å². The fraction of sp³-hybridized carbons (Fsp3) is 0.579. The second-order valence-electron chi connectivity index (χ2n) is 7.03. The van der Waals surface area contributed by atoms with Crippen LogP contribution in [-0.4, -0.2) is 35.8 Å². The van der Waals surface area contributed by atoms with Crippen molar-refractivity contribution in [2.24, 2.45) is 5.92 Å². The van der Waals surface area contributed by atoms with Gasteiger partial charge in [0.2, 0.25) is 5.91 Å². The van der Waals surface area contributed by atoms with Gasteiger partial charge in [0.25, 0.3) is 5.91 Å². The van der Waals surface area contributed by atoms with Gasteiger partial charge in [-0.1, -0.05) is 30.9 Å². The predicted octanol–water partition coefficient (Wildman–Crippen LogP) is 4.25. The predicted molar refractivity (Wildman–Crippen MR) is 108 cm³/mol. The third-order valence-corrected chi connectivity index (χ3v) is 6.45. The first-order valence-electron chi connectivity index (χ1n) is 9.09. The first kappa shape index (κ1) is 19.0. The first-order chi connectivity index (χ1) is 12.0. The Morgan fingerprint density at radius 3 is 2.44 bits per heavy atom. The highest BCUT2D eigenvalue weighted by Gasteiger charge is 2.29. The summed E-state index contributed by atoms with van der Waals surface area (Å²) in [6.45, 7) is 1.49. The van der Waals surface area contributed by atoms with E-state index in [9.17, 15) is 9.59 Å². The van der Waals surface area contributed by atoms with Crippen LogP contribution in [0.1, 0.15) is 55.3 Å². The van der Waals surface area contributed by atoms with Gasteiger partial charge >= 0.3 is 0 Å². The van der Waals surface area contributed by atoms with Crippen molar-refractivity contribution < 1.29 is 9.59 Å². The third-order valence-electron chi connectivity index (χ3n) is 5.27. The largest absolute Gasteiger partial charge is 0.349 e. The molecule has 1 saturated heterocycles. The third kappa shape index (κ3) is 4.88. The molecule has 0 bridgehead atoms. The van der Waals surface area contributed by atoms with Crippen LogP contribution >= 0.6 is 34.2 Å². The van der Waals surface area contributed by atoms with Crippen LogP contribution in [0.25, 0.3) is 0 Å². The van der Waals surface area contributed by atoms with Crippen molar-refractivity contribution in [1.29, 1.82) is 0 Å². The van der Waals surface area contributed by atoms with Crippen molar-refractivity contribution in [3.8, 4) is 0 Å². The lowest BCUT2D eigenvalue weighted by molar-refractivity contribution is -0.137. The average Bonchev–Trinajstić information content (AvgIpc) is 2.64. The molecule has 1 aliphatic carbocycles. The standard InChI is InChI=1S/C19H24ClIN2O2/c20-14-6-7-17(21)16(12-14)18(24)22-15-8-10-23(11-9-15)19(25)13-4-2-1-3-5-13/h6-7,12-13,15H,1-5,8-11H2,(H,22,24). The van der Waals surface area contributed by atoms with Crippen molar-refractivity contribution in [2.75, 3.05) is 13.1 Å². The Balaban J connectivity index is 1.51. The summed E-state index contributed by atoms with van der Waals surface area (Å²) in [7, 11) is 0. The Morgan fingerprint density at radius 1 is 1.08 bits per heavy atom. The summed E-state index contributed by atoms with van der Waals surface area (Å²) < 4.78 is 0.893. The second-order valence-corrected chi connectivity index (χ2v) is 8.63. The number of piperidine rings is 1. The minimum absolute atomic E-state index is 0.0797. The number of nitrogens with zero attached hydrogens (tertiary/aromatic N) is 1. The topological polar surface area (TPSA) is 49.4 Å². The minimum Gasteiger partial charge on any atom is -0.349 e. The number of carbonyl (C=O) groups excluding carboxylic acids is 2. The molecule has 1 aromatic carbocycles. The van der Waals surface area contributed by atoms with E-state index >= 15 is 0 Å². The van der Waals surface area contributed by atoms with Crippen LogP contribution < -0.4 is 5.32 Å². The average molecular weight is 475 g/mol. The van der Waals surface area contributed by atoms with E-state index in [2.05, 4.69) is 27.9 Å². The molecule has 1 aliphatic heterocycles. The molecule has 0 radical (unpaired) electrons. The zero-order valence-electron chi connectivity index (χ0n) is 14.3. The van der Waals surface area contributed by atoms with Crippen molar-refractivity contribution in [1.82, 2.24) is 10.2 Å². The maximum absolute atomic E-state index is 12.6. The van der Waals surface area contributed by atoms with E-state index in [1.807, 2.05) is 11.0 Å². The minimum atomic E-state index is -0.0797. The second kappa shape index (κ2) is 8.71. The fourth-order valence-corrected chi connectivity index (χ4v) is 4.54. The Kier molecular flexibility index (Phi) is 6.61. The number of hydrogen-bond acceptors (Lipinski definition) is 2. The number of hydrogen-bond donors (Lipinski definition) is 1. The molecule has 6 heteroatoms. The van der Waals surface area contributed by atoms with Crippen molar-refractivity contribution >= 4 is 46.0 Å². The molecule has 1 aromatic rings. The van der Waals surface area contributed by atoms with Gasteiger partial charge in [-0.25, -0.2) is 0 Å². The molecule has 2 aliphatic rings. The molecule has 3 rings (SSSR count). The molecule has 136 valence electrons. The molecule has 0 unspecified atom stereocenters. The number of halogens is 2. The molecular formula is C19H24ClIN2O2. The van der Waals surface area contributed by atoms with E-state index in [0.717, 1.165) is 42.3 Å². The molecule has 2 amide bonds. The van der Waals surface area contributed by atoms with Crippen LogP contribution in [0.15, 0.2) is 18.2 Å². The van der Waals surface area contributed by atoms with Gasteiger partial charge < -0.3 is 10.2 Å².